The topological polar surface area (TPSA) is 36.9 Å². The molecule has 0 aliphatic carbocycles. The van der Waals surface area contributed by atoms with Gasteiger partial charge >= 0.3 is 0 Å². The Morgan fingerprint density at radius 2 is 2.20 bits per heavy atom. The maximum Gasteiger partial charge on any atom is 0.193 e. The number of hydrogen-bond acceptors (Lipinski definition) is 2. The second-order valence-corrected chi connectivity index (χ2v) is 5.26. The molecule has 1 saturated heterocycles. The number of benzene rings is 1. The van der Waals surface area contributed by atoms with Crippen LogP contribution in [0.15, 0.2) is 35.3 Å². The first-order chi connectivity index (χ1) is 9.83. The molecule has 4 heteroatoms. The van der Waals surface area contributed by atoms with Crippen molar-refractivity contribution in [2.45, 2.75) is 12.8 Å². The van der Waals surface area contributed by atoms with Crippen molar-refractivity contribution < 1.29 is 4.74 Å². The summed E-state index contributed by atoms with van der Waals surface area (Å²) in [6.07, 6.45) is 2.40. The highest BCUT2D eigenvalue weighted by Crippen LogP contribution is 2.20. The quantitative estimate of drug-likeness (QED) is 0.505. The lowest BCUT2D eigenvalue weighted by atomic mass is 9.99. The summed E-state index contributed by atoms with van der Waals surface area (Å²) in [6.45, 7) is 3.69. The Morgan fingerprint density at radius 3 is 2.90 bits per heavy atom. The van der Waals surface area contributed by atoms with Crippen molar-refractivity contribution >= 4 is 5.96 Å². The van der Waals surface area contributed by atoms with E-state index in [2.05, 4.69) is 45.5 Å². The molecule has 1 unspecified atom stereocenters. The number of aliphatic imine (C=N–C) groups is 1. The first kappa shape index (κ1) is 14.9. The monoisotopic (exact) mass is 275 g/mol. The second-order valence-electron chi connectivity index (χ2n) is 5.26. The Hall–Kier alpha value is -1.55. The van der Waals surface area contributed by atoms with Crippen molar-refractivity contribution in [2.24, 2.45) is 10.9 Å². The lowest BCUT2D eigenvalue weighted by Crippen LogP contribution is -2.41. The van der Waals surface area contributed by atoms with Gasteiger partial charge in [-0.2, -0.15) is 0 Å². The summed E-state index contributed by atoms with van der Waals surface area (Å²) in [7, 11) is 3.57. The minimum atomic E-state index is 0.709. The maximum atomic E-state index is 5.06. The van der Waals surface area contributed by atoms with Crippen LogP contribution in [0.25, 0.3) is 0 Å². The van der Waals surface area contributed by atoms with Gasteiger partial charge in [-0.1, -0.05) is 30.3 Å². The van der Waals surface area contributed by atoms with E-state index in [-0.39, 0.29) is 0 Å². The standard InChI is InChI=1S/C16H25N3O/c1-17-16(18-9-11-20-2)19-10-8-15(13-19)12-14-6-4-3-5-7-14/h3-7,15H,8-13H2,1-2H3,(H,17,18). The van der Waals surface area contributed by atoms with Crippen molar-refractivity contribution in [3.05, 3.63) is 35.9 Å². The number of likely N-dealkylation sites (tertiary alicyclic amines) is 1. The highest BCUT2D eigenvalue weighted by Gasteiger charge is 2.24. The third-order valence-electron chi connectivity index (χ3n) is 3.75. The number of nitrogens with one attached hydrogen (secondary N) is 1. The minimum absolute atomic E-state index is 0.709. The van der Waals surface area contributed by atoms with Gasteiger partial charge in [0.05, 0.1) is 6.61 Å². The molecule has 1 aliphatic rings. The molecule has 0 aromatic heterocycles. The molecular formula is C16H25N3O. The molecule has 110 valence electrons. The zero-order valence-electron chi connectivity index (χ0n) is 12.5. The summed E-state index contributed by atoms with van der Waals surface area (Å²) in [5.74, 6) is 1.72. The van der Waals surface area contributed by atoms with Gasteiger partial charge in [0.25, 0.3) is 0 Å². The number of hydrogen-bond donors (Lipinski definition) is 1. The number of ether oxygens (including phenoxy) is 1. The van der Waals surface area contributed by atoms with Crippen molar-refractivity contribution in [3.8, 4) is 0 Å². The van der Waals surface area contributed by atoms with Gasteiger partial charge in [0.1, 0.15) is 0 Å². The molecule has 1 aliphatic heterocycles. The average Bonchev–Trinajstić information content (AvgIpc) is 2.93. The van der Waals surface area contributed by atoms with Crippen molar-refractivity contribution in [1.82, 2.24) is 10.2 Å². The van der Waals surface area contributed by atoms with Gasteiger partial charge in [-0.3, -0.25) is 4.99 Å². The van der Waals surface area contributed by atoms with Crippen LogP contribution in [0.1, 0.15) is 12.0 Å². The molecule has 1 atom stereocenters. The second kappa shape index (κ2) is 7.90. The molecule has 0 saturated carbocycles. The summed E-state index contributed by atoms with van der Waals surface area (Å²) >= 11 is 0. The first-order valence-electron chi connectivity index (χ1n) is 7.32. The van der Waals surface area contributed by atoms with Crippen LogP contribution >= 0.6 is 0 Å². The molecule has 1 N–H and O–H groups in total. The predicted octanol–water partition coefficient (Wildman–Crippen LogP) is 1.77. The highest BCUT2D eigenvalue weighted by atomic mass is 16.5. The van der Waals surface area contributed by atoms with Crippen LogP contribution in [0.3, 0.4) is 0 Å². The third-order valence-corrected chi connectivity index (χ3v) is 3.75. The Bertz CT molecular complexity index is 419. The fraction of sp³-hybridized carbons (Fsp3) is 0.562. The predicted molar refractivity (Wildman–Crippen MR) is 83.1 cm³/mol. The van der Waals surface area contributed by atoms with Gasteiger partial charge in [-0.15, -0.1) is 0 Å². The van der Waals surface area contributed by atoms with E-state index >= 15 is 0 Å². The fourth-order valence-electron chi connectivity index (χ4n) is 2.74. The zero-order chi connectivity index (χ0) is 14.2. The van der Waals surface area contributed by atoms with E-state index in [9.17, 15) is 0 Å². The molecule has 4 nitrogen and oxygen atoms in total. The zero-order valence-corrected chi connectivity index (χ0v) is 12.5. The molecule has 0 bridgehead atoms. The number of guanidine groups is 1. The first-order valence-corrected chi connectivity index (χ1v) is 7.32. The molecule has 1 aromatic rings. The van der Waals surface area contributed by atoms with E-state index < -0.39 is 0 Å². The third kappa shape index (κ3) is 4.23. The van der Waals surface area contributed by atoms with Crippen LogP contribution in [0.5, 0.6) is 0 Å². The molecule has 20 heavy (non-hydrogen) atoms. The Labute approximate surface area is 121 Å². The Kier molecular flexibility index (Phi) is 5.87. The Balaban J connectivity index is 1.82. The SMILES string of the molecule is CN=C(NCCOC)N1CCC(Cc2ccccc2)C1. The van der Waals surface area contributed by atoms with Crippen molar-refractivity contribution in [2.75, 3.05) is 40.4 Å². The summed E-state index contributed by atoms with van der Waals surface area (Å²) in [5, 5.41) is 3.35. The van der Waals surface area contributed by atoms with Gasteiger partial charge in [0.15, 0.2) is 5.96 Å². The van der Waals surface area contributed by atoms with Crippen molar-refractivity contribution in [3.63, 3.8) is 0 Å². The van der Waals surface area contributed by atoms with Crippen LogP contribution < -0.4 is 5.32 Å². The van der Waals surface area contributed by atoms with Crippen LogP contribution in [-0.4, -0.2) is 51.3 Å². The van der Waals surface area contributed by atoms with E-state index in [0.717, 1.165) is 37.9 Å². The van der Waals surface area contributed by atoms with E-state index in [4.69, 9.17) is 4.74 Å². The largest absolute Gasteiger partial charge is 0.383 e. The summed E-state index contributed by atoms with van der Waals surface area (Å²) in [5.41, 5.74) is 1.43. The van der Waals surface area contributed by atoms with Gasteiger partial charge in [0.2, 0.25) is 0 Å². The van der Waals surface area contributed by atoms with Crippen molar-refractivity contribution in [1.29, 1.82) is 0 Å². The molecule has 1 fully saturated rings. The number of rotatable bonds is 5. The molecule has 2 rings (SSSR count). The molecule has 0 radical (unpaired) electrons. The van der Waals surface area contributed by atoms with E-state index in [0.29, 0.717) is 6.61 Å². The molecule has 1 heterocycles. The van der Waals surface area contributed by atoms with Gasteiger partial charge in [-0.25, -0.2) is 0 Å². The lowest BCUT2D eigenvalue weighted by molar-refractivity contribution is 0.203. The van der Waals surface area contributed by atoms with E-state index in [1.807, 2.05) is 7.05 Å². The van der Waals surface area contributed by atoms with Gasteiger partial charge in [0, 0.05) is 33.8 Å². The average molecular weight is 275 g/mol. The van der Waals surface area contributed by atoms with Gasteiger partial charge in [-0.05, 0) is 24.3 Å². The van der Waals surface area contributed by atoms with E-state index in [1.165, 1.54) is 12.0 Å². The minimum Gasteiger partial charge on any atom is -0.383 e. The highest BCUT2D eigenvalue weighted by molar-refractivity contribution is 5.80. The molecular weight excluding hydrogens is 250 g/mol. The summed E-state index contributed by atoms with van der Waals surface area (Å²) in [6, 6.07) is 10.7. The summed E-state index contributed by atoms with van der Waals surface area (Å²) < 4.78 is 5.06. The normalized spacial score (nSPS) is 19.4. The fourth-order valence-corrected chi connectivity index (χ4v) is 2.74. The molecule has 0 amide bonds. The maximum absolute atomic E-state index is 5.06. The lowest BCUT2D eigenvalue weighted by Gasteiger charge is -2.21. The van der Waals surface area contributed by atoms with Crippen LogP contribution in [-0.2, 0) is 11.2 Å². The number of nitrogens with zero attached hydrogens (tertiary/aromatic N) is 2. The van der Waals surface area contributed by atoms with Gasteiger partial charge < -0.3 is 15.0 Å². The molecule has 1 aromatic carbocycles. The smallest absolute Gasteiger partial charge is 0.193 e. The Morgan fingerprint density at radius 1 is 1.40 bits per heavy atom. The van der Waals surface area contributed by atoms with E-state index in [1.54, 1.807) is 7.11 Å². The van der Waals surface area contributed by atoms with Crippen LogP contribution in [0.2, 0.25) is 0 Å². The van der Waals surface area contributed by atoms with Crippen LogP contribution in [0, 0.1) is 5.92 Å². The molecule has 0 spiro atoms. The van der Waals surface area contributed by atoms with Crippen LogP contribution in [0.4, 0.5) is 0 Å². The summed E-state index contributed by atoms with van der Waals surface area (Å²) in [4.78, 5) is 6.71. The number of methoxy groups -OCH3 is 1.